The number of hydrogen-bond donors (Lipinski definition) is 0. The van der Waals surface area contributed by atoms with E-state index >= 15 is 0 Å². The second-order valence-corrected chi connectivity index (χ2v) is 12.4. The molecular weight excluding hydrogens is 510 g/mol. The monoisotopic (exact) mass is 562 g/mol. The molecule has 0 spiro atoms. The molecule has 0 atom stereocenters. The number of ether oxygens (including phenoxy) is 2. The molecule has 0 radical (unpaired) electrons. The molecule has 0 aliphatic heterocycles. The average molecular weight is 563 g/mol. The maximum atomic E-state index is 14.8. The third-order valence-corrected chi connectivity index (χ3v) is 9.22. The van der Waals surface area contributed by atoms with Crippen LogP contribution in [0.3, 0.4) is 0 Å². The van der Waals surface area contributed by atoms with Crippen molar-refractivity contribution < 1.29 is 27.8 Å². The van der Waals surface area contributed by atoms with Gasteiger partial charge in [-0.2, -0.15) is 8.78 Å². The fraction of sp³-hybridized carbons (Fsp3) is 0.765. The largest absolute Gasteiger partial charge is 0.423 e. The van der Waals surface area contributed by atoms with Crippen molar-refractivity contribution in [1.29, 1.82) is 0 Å². The molecule has 0 bridgehead atoms. The quantitative estimate of drug-likeness (QED) is 0.114. The summed E-state index contributed by atoms with van der Waals surface area (Å²) in [6, 6.07) is 2.38. The normalized spacial score (nSPS) is 23.1. The summed E-state index contributed by atoms with van der Waals surface area (Å²) in [5.74, 6) is -3.78. The minimum atomic E-state index is -1.29. The molecule has 226 valence electrons. The number of benzene rings is 1. The number of carbonyl (C=O) groups is 2. The molecule has 0 N–H and O–H groups in total. The van der Waals surface area contributed by atoms with Gasteiger partial charge in [0, 0.05) is 0 Å². The molecule has 2 aliphatic carbocycles. The van der Waals surface area contributed by atoms with E-state index in [2.05, 4.69) is 13.8 Å². The maximum absolute atomic E-state index is 14.8. The third-order valence-electron chi connectivity index (χ3n) is 9.22. The number of esters is 2. The summed E-state index contributed by atoms with van der Waals surface area (Å²) in [5, 5.41) is 0. The van der Waals surface area contributed by atoms with Crippen LogP contribution in [0, 0.1) is 35.3 Å². The van der Waals surface area contributed by atoms with Crippen molar-refractivity contribution >= 4 is 11.9 Å². The van der Waals surface area contributed by atoms with E-state index in [0.29, 0.717) is 11.8 Å². The highest BCUT2D eigenvalue weighted by molar-refractivity contribution is 5.76. The molecule has 2 saturated carbocycles. The van der Waals surface area contributed by atoms with E-state index < -0.39 is 35.1 Å². The van der Waals surface area contributed by atoms with Gasteiger partial charge < -0.3 is 9.47 Å². The van der Waals surface area contributed by atoms with E-state index in [4.69, 9.17) is 9.47 Å². The second-order valence-electron chi connectivity index (χ2n) is 12.4. The highest BCUT2D eigenvalue weighted by Crippen LogP contribution is 2.36. The molecule has 0 saturated heterocycles. The van der Waals surface area contributed by atoms with Gasteiger partial charge in [-0.25, -0.2) is 0 Å². The molecule has 3 rings (SSSR count). The van der Waals surface area contributed by atoms with Gasteiger partial charge in [0.2, 0.25) is 11.6 Å². The number of rotatable bonds is 16. The Morgan fingerprint density at radius 2 is 0.950 bits per heavy atom. The van der Waals surface area contributed by atoms with E-state index in [1.165, 1.54) is 89.2 Å². The van der Waals surface area contributed by atoms with Crippen LogP contribution in [0.2, 0.25) is 0 Å². The van der Waals surface area contributed by atoms with Crippen LogP contribution in [0.4, 0.5) is 8.78 Å². The van der Waals surface area contributed by atoms with Gasteiger partial charge in [0.1, 0.15) is 0 Å². The highest BCUT2D eigenvalue weighted by Gasteiger charge is 2.31. The van der Waals surface area contributed by atoms with Crippen LogP contribution in [0.25, 0.3) is 0 Å². The van der Waals surface area contributed by atoms with Gasteiger partial charge in [-0.1, -0.05) is 90.9 Å². The van der Waals surface area contributed by atoms with Crippen LogP contribution in [0.15, 0.2) is 12.1 Å². The fourth-order valence-electron chi connectivity index (χ4n) is 6.50. The van der Waals surface area contributed by atoms with Crippen molar-refractivity contribution in [1.82, 2.24) is 0 Å². The molecular formula is C34H52F2O4. The van der Waals surface area contributed by atoms with Crippen LogP contribution in [0.1, 0.15) is 142 Å². The zero-order valence-electron chi connectivity index (χ0n) is 25.0. The lowest BCUT2D eigenvalue weighted by Gasteiger charge is -2.27. The van der Waals surface area contributed by atoms with Crippen molar-refractivity contribution in [2.24, 2.45) is 23.7 Å². The molecule has 0 aromatic heterocycles. The lowest BCUT2D eigenvalue weighted by atomic mass is 9.79. The Morgan fingerprint density at radius 3 is 1.30 bits per heavy atom. The van der Waals surface area contributed by atoms with Crippen molar-refractivity contribution in [3.63, 3.8) is 0 Å². The van der Waals surface area contributed by atoms with E-state index in [9.17, 15) is 18.4 Å². The summed E-state index contributed by atoms with van der Waals surface area (Å²) in [7, 11) is 0. The zero-order valence-corrected chi connectivity index (χ0v) is 25.0. The lowest BCUT2D eigenvalue weighted by molar-refractivity contribution is -0.141. The molecule has 2 aliphatic rings. The SMILES string of the molecule is CCCCCCCC1CCC(C(=O)Oc2ccc(OC(=O)C3CCC(CCCCCCC)CC3)c(F)c2F)CC1. The minimum Gasteiger partial charge on any atom is -0.423 e. The van der Waals surface area contributed by atoms with Crippen molar-refractivity contribution in [3.8, 4) is 11.5 Å². The Hall–Kier alpha value is -1.98. The first-order valence-electron chi connectivity index (χ1n) is 16.3. The average Bonchev–Trinajstić information content (AvgIpc) is 2.97. The summed E-state index contributed by atoms with van der Waals surface area (Å²) in [5.41, 5.74) is 0. The van der Waals surface area contributed by atoms with Crippen LogP contribution in [0.5, 0.6) is 11.5 Å². The molecule has 1 aromatic rings. The summed E-state index contributed by atoms with van der Waals surface area (Å²) in [6.45, 7) is 4.43. The fourth-order valence-corrected chi connectivity index (χ4v) is 6.50. The summed E-state index contributed by atoms with van der Waals surface area (Å²) >= 11 is 0. The van der Waals surface area contributed by atoms with Gasteiger partial charge >= 0.3 is 11.9 Å². The molecule has 1 aromatic carbocycles. The van der Waals surface area contributed by atoms with E-state index in [0.717, 1.165) is 51.4 Å². The first kappa shape index (κ1) is 32.5. The van der Waals surface area contributed by atoms with E-state index in [1.54, 1.807) is 0 Å². The first-order valence-corrected chi connectivity index (χ1v) is 16.3. The Bertz CT molecular complexity index is 828. The van der Waals surface area contributed by atoms with Gasteiger partial charge in [0.25, 0.3) is 0 Å². The van der Waals surface area contributed by atoms with Gasteiger partial charge in [-0.05, 0) is 75.3 Å². The minimum absolute atomic E-state index is 0.289. The maximum Gasteiger partial charge on any atom is 0.314 e. The van der Waals surface area contributed by atoms with Gasteiger partial charge in [0.05, 0.1) is 11.8 Å². The summed E-state index contributed by atoms with van der Waals surface area (Å²) in [6.07, 6.45) is 21.8. The molecule has 4 nitrogen and oxygen atoms in total. The Kier molecular flexibility index (Phi) is 14.4. The van der Waals surface area contributed by atoms with Crippen molar-refractivity contribution in [3.05, 3.63) is 23.8 Å². The van der Waals surface area contributed by atoms with Crippen molar-refractivity contribution in [2.45, 2.75) is 142 Å². The summed E-state index contributed by atoms with van der Waals surface area (Å²) in [4.78, 5) is 25.4. The standard InChI is InChI=1S/C34H52F2O4/c1-3-5-7-9-11-13-25-15-19-27(20-16-25)33(37)39-29-23-24-30(32(36)31(29)35)40-34(38)28-21-17-26(18-22-28)14-12-10-8-6-4-2/h23-28H,3-22H2,1-2H3. The predicted octanol–water partition coefficient (Wildman–Crippen LogP) is 10.1. The Morgan fingerprint density at radius 1 is 0.600 bits per heavy atom. The van der Waals surface area contributed by atoms with Crippen LogP contribution >= 0.6 is 0 Å². The number of hydrogen-bond acceptors (Lipinski definition) is 4. The van der Waals surface area contributed by atoms with Gasteiger partial charge in [0.15, 0.2) is 11.5 Å². The molecule has 0 heterocycles. The topological polar surface area (TPSA) is 52.6 Å². The predicted molar refractivity (Wildman–Crippen MR) is 155 cm³/mol. The molecule has 6 heteroatoms. The molecule has 40 heavy (non-hydrogen) atoms. The van der Waals surface area contributed by atoms with Crippen LogP contribution < -0.4 is 9.47 Å². The summed E-state index contributed by atoms with van der Waals surface area (Å²) < 4.78 is 40.1. The lowest BCUT2D eigenvalue weighted by Crippen LogP contribution is -2.27. The van der Waals surface area contributed by atoms with Crippen molar-refractivity contribution in [2.75, 3.05) is 0 Å². The highest BCUT2D eigenvalue weighted by atomic mass is 19.2. The Labute approximate surface area is 241 Å². The van der Waals surface area contributed by atoms with E-state index in [-0.39, 0.29) is 11.8 Å². The molecule has 0 unspecified atom stereocenters. The number of carbonyl (C=O) groups excluding carboxylic acids is 2. The van der Waals surface area contributed by atoms with Gasteiger partial charge in [-0.15, -0.1) is 0 Å². The second kappa shape index (κ2) is 17.7. The molecule has 2 fully saturated rings. The first-order chi connectivity index (χ1) is 19.4. The van der Waals surface area contributed by atoms with Crippen LogP contribution in [-0.2, 0) is 9.59 Å². The Balaban J connectivity index is 1.40. The van der Waals surface area contributed by atoms with Gasteiger partial charge in [-0.3, -0.25) is 9.59 Å². The van der Waals surface area contributed by atoms with E-state index in [1.807, 2.05) is 0 Å². The number of unbranched alkanes of at least 4 members (excludes halogenated alkanes) is 8. The molecule has 0 amide bonds. The third kappa shape index (κ3) is 10.4. The smallest absolute Gasteiger partial charge is 0.314 e. The zero-order chi connectivity index (χ0) is 28.7. The number of halogens is 2. The van der Waals surface area contributed by atoms with Crippen LogP contribution in [-0.4, -0.2) is 11.9 Å².